The number of aryl methyl sites for hydroxylation is 1. The fraction of sp³-hybridized carbons (Fsp3) is 0.278. The summed E-state index contributed by atoms with van der Waals surface area (Å²) >= 11 is 0. The zero-order chi connectivity index (χ0) is 20.5. The van der Waals surface area contributed by atoms with Gasteiger partial charge in [-0.25, -0.2) is 28.4 Å². The highest BCUT2D eigenvalue weighted by molar-refractivity contribution is 7.71. The van der Waals surface area contributed by atoms with Gasteiger partial charge in [-0.1, -0.05) is 0 Å². The lowest BCUT2D eigenvalue weighted by Gasteiger charge is -2.11. The monoisotopic (exact) mass is 412 g/mol. The van der Waals surface area contributed by atoms with Crippen LogP contribution < -0.4 is 5.32 Å². The van der Waals surface area contributed by atoms with Gasteiger partial charge in [0.05, 0.1) is 23.2 Å². The molecule has 4 rings (SSSR count). The molecule has 150 valence electrons. The van der Waals surface area contributed by atoms with Gasteiger partial charge in [0.2, 0.25) is 5.95 Å². The number of nitrogens with one attached hydrogen (secondary N) is 1. The summed E-state index contributed by atoms with van der Waals surface area (Å²) in [6.07, 6.45) is 6.43. The SMILES string of the molecule is Cc1nc2cnc(Nc3ccnc(-n4cnc(C[SH](=O)=O)c4)n3)cc2n1C(C)C. The maximum absolute atomic E-state index is 10.9. The van der Waals surface area contributed by atoms with E-state index in [2.05, 4.69) is 48.7 Å². The molecule has 0 aliphatic heterocycles. The minimum Gasteiger partial charge on any atom is -0.326 e. The molecule has 0 amide bonds. The summed E-state index contributed by atoms with van der Waals surface area (Å²) in [6, 6.07) is 3.95. The molecule has 11 heteroatoms. The lowest BCUT2D eigenvalue weighted by atomic mass is 10.3. The molecular weight excluding hydrogens is 392 g/mol. The third-order valence-electron chi connectivity index (χ3n) is 4.33. The van der Waals surface area contributed by atoms with Crippen molar-refractivity contribution in [2.45, 2.75) is 32.6 Å². The fourth-order valence-corrected chi connectivity index (χ4v) is 3.63. The molecule has 0 aliphatic carbocycles. The van der Waals surface area contributed by atoms with Gasteiger partial charge in [0.1, 0.15) is 40.0 Å². The molecule has 0 radical (unpaired) electrons. The van der Waals surface area contributed by atoms with E-state index in [1.54, 1.807) is 29.2 Å². The van der Waals surface area contributed by atoms with E-state index in [0.29, 0.717) is 23.3 Å². The van der Waals surface area contributed by atoms with E-state index < -0.39 is 10.7 Å². The average molecular weight is 412 g/mol. The van der Waals surface area contributed by atoms with Crippen LogP contribution in [0.2, 0.25) is 0 Å². The Labute approximate surface area is 168 Å². The summed E-state index contributed by atoms with van der Waals surface area (Å²) < 4.78 is 25.5. The van der Waals surface area contributed by atoms with Gasteiger partial charge in [-0.15, -0.1) is 0 Å². The van der Waals surface area contributed by atoms with E-state index in [9.17, 15) is 8.42 Å². The molecule has 0 aliphatic rings. The topological polar surface area (TPSA) is 120 Å². The first-order chi connectivity index (χ1) is 13.9. The van der Waals surface area contributed by atoms with Gasteiger partial charge in [0, 0.05) is 24.5 Å². The van der Waals surface area contributed by atoms with Crippen molar-refractivity contribution < 1.29 is 8.42 Å². The average Bonchev–Trinajstić information content (AvgIpc) is 3.24. The van der Waals surface area contributed by atoms with Crippen LogP contribution in [0.15, 0.2) is 37.1 Å². The Hall–Kier alpha value is -3.34. The summed E-state index contributed by atoms with van der Waals surface area (Å²) in [4.78, 5) is 21.7. The zero-order valence-corrected chi connectivity index (χ0v) is 17.0. The molecule has 0 unspecified atom stereocenters. The predicted octanol–water partition coefficient (Wildman–Crippen LogP) is 2.15. The van der Waals surface area contributed by atoms with Crippen LogP contribution in [-0.4, -0.2) is 42.5 Å². The van der Waals surface area contributed by atoms with Gasteiger partial charge in [-0.3, -0.25) is 4.57 Å². The molecule has 0 atom stereocenters. The van der Waals surface area contributed by atoms with Crippen molar-refractivity contribution in [2.24, 2.45) is 0 Å². The number of aromatic nitrogens is 7. The number of hydrogen-bond acceptors (Lipinski definition) is 8. The lowest BCUT2D eigenvalue weighted by molar-refractivity contribution is 0.600. The fourth-order valence-electron chi connectivity index (χ4n) is 3.20. The van der Waals surface area contributed by atoms with Gasteiger partial charge >= 0.3 is 0 Å². The van der Waals surface area contributed by atoms with E-state index in [1.807, 2.05) is 13.0 Å². The van der Waals surface area contributed by atoms with Crippen molar-refractivity contribution in [1.82, 2.24) is 34.1 Å². The number of imidazole rings is 2. The molecule has 0 saturated carbocycles. The molecule has 0 aromatic carbocycles. The van der Waals surface area contributed by atoms with Gasteiger partial charge in [-0.05, 0) is 26.8 Å². The Balaban J connectivity index is 1.62. The van der Waals surface area contributed by atoms with Crippen LogP contribution in [0.4, 0.5) is 11.6 Å². The van der Waals surface area contributed by atoms with Gasteiger partial charge in [-0.2, -0.15) is 4.98 Å². The first-order valence-electron chi connectivity index (χ1n) is 9.00. The molecule has 1 N–H and O–H groups in total. The molecule has 0 fully saturated rings. The van der Waals surface area contributed by atoms with Gasteiger partial charge in [0.15, 0.2) is 0 Å². The second kappa shape index (κ2) is 7.59. The highest BCUT2D eigenvalue weighted by Gasteiger charge is 2.12. The highest BCUT2D eigenvalue weighted by atomic mass is 32.2. The Morgan fingerprint density at radius 3 is 2.72 bits per heavy atom. The largest absolute Gasteiger partial charge is 0.326 e. The normalized spacial score (nSPS) is 11.6. The van der Waals surface area contributed by atoms with Crippen molar-refractivity contribution in [2.75, 3.05) is 5.32 Å². The third kappa shape index (κ3) is 3.94. The first-order valence-corrected chi connectivity index (χ1v) is 10.4. The number of nitrogens with zero attached hydrogens (tertiary/aromatic N) is 7. The quantitative estimate of drug-likeness (QED) is 0.462. The predicted molar refractivity (Wildman–Crippen MR) is 109 cm³/mol. The van der Waals surface area contributed by atoms with E-state index in [4.69, 9.17) is 0 Å². The van der Waals surface area contributed by atoms with E-state index >= 15 is 0 Å². The van der Waals surface area contributed by atoms with Crippen LogP contribution in [0, 0.1) is 6.92 Å². The second-order valence-corrected chi connectivity index (χ2v) is 7.79. The number of hydrogen-bond donors (Lipinski definition) is 2. The maximum atomic E-state index is 10.9. The summed E-state index contributed by atoms with van der Waals surface area (Å²) in [5.74, 6) is 2.39. The van der Waals surface area contributed by atoms with Gasteiger partial charge in [0.25, 0.3) is 0 Å². The highest BCUT2D eigenvalue weighted by Crippen LogP contribution is 2.23. The Morgan fingerprint density at radius 2 is 1.97 bits per heavy atom. The second-order valence-electron chi connectivity index (χ2n) is 6.81. The lowest BCUT2D eigenvalue weighted by Crippen LogP contribution is -2.04. The molecule has 4 aromatic heterocycles. The molecular formula is C18H20N8O2S. The minimum atomic E-state index is -2.54. The molecule has 0 saturated heterocycles. The number of thiol groups is 1. The standard InChI is InChI=1S/C18H20N8O2S/c1-11(2)26-12(3)22-14-7-20-17(6-15(14)26)23-16-4-5-19-18(24-16)25-8-13(21-10-25)9-29(27)28/h4-8,10-11,29H,9H2,1-3H3,(H,19,20,23,24). The number of fused-ring (bicyclic) bond motifs is 1. The van der Waals surface area contributed by atoms with Crippen LogP contribution in [0.5, 0.6) is 0 Å². The van der Waals surface area contributed by atoms with Crippen molar-refractivity contribution in [3.8, 4) is 5.95 Å². The molecule has 29 heavy (non-hydrogen) atoms. The summed E-state index contributed by atoms with van der Waals surface area (Å²) in [7, 11) is -2.54. The smallest absolute Gasteiger partial charge is 0.236 e. The first kappa shape index (κ1) is 19.0. The van der Waals surface area contributed by atoms with Crippen molar-refractivity contribution in [1.29, 1.82) is 0 Å². The van der Waals surface area contributed by atoms with Crippen LogP contribution in [-0.2, 0) is 16.5 Å². The van der Waals surface area contributed by atoms with E-state index in [1.165, 1.54) is 6.33 Å². The van der Waals surface area contributed by atoms with E-state index in [0.717, 1.165) is 16.9 Å². The van der Waals surface area contributed by atoms with Crippen LogP contribution in [0.25, 0.3) is 17.0 Å². The van der Waals surface area contributed by atoms with E-state index in [-0.39, 0.29) is 11.8 Å². The maximum Gasteiger partial charge on any atom is 0.236 e. The van der Waals surface area contributed by atoms with Crippen LogP contribution >= 0.6 is 0 Å². The van der Waals surface area contributed by atoms with Crippen molar-refractivity contribution >= 4 is 33.4 Å². The molecule has 0 spiro atoms. The van der Waals surface area contributed by atoms with Crippen LogP contribution in [0.3, 0.4) is 0 Å². The molecule has 10 nitrogen and oxygen atoms in total. The minimum absolute atomic E-state index is 0.118. The Bertz CT molecular complexity index is 1250. The molecule has 4 aromatic rings. The number of pyridine rings is 1. The van der Waals surface area contributed by atoms with Crippen molar-refractivity contribution in [3.05, 3.63) is 48.6 Å². The summed E-state index contributed by atoms with van der Waals surface area (Å²) in [5, 5.41) is 3.19. The van der Waals surface area contributed by atoms with Crippen LogP contribution in [0.1, 0.15) is 31.4 Å². The molecule has 4 heterocycles. The van der Waals surface area contributed by atoms with Crippen molar-refractivity contribution in [3.63, 3.8) is 0 Å². The Morgan fingerprint density at radius 1 is 1.14 bits per heavy atom. The molecule has 0 bridgehead atoms. The van der Waals surface area contributed by atoms with Gasteiger partial charge < -0.3 is 9.88 Å². The summed E-state index contributed by atoms with van der Waals surface area (Å²) in [5.41, 5.74) is 2.27. The Kier molecular flexibility index (Phi) is 4.97. The summed E-state index contributed by atoms with van der Waals surface area (Å²) in [6.45, 7) is 6.20. The third-order valence-corrected chi connectivity index (χ3v) is 4.91. The zero-order valence-electron chi connectivity index (χ0n) is 16.1. The number of anilines is 2. The number of rotatable bonds is 6.